The highest BCUT2D eigenvalue weighted by Crippen LogP contribution is 2.17. The molecule has 7 nitrogen and oxygen atoms in total. The Hall–Kier alpha value is -2.41. The van der Waals surface area contributed by atoms with Gasteiger partial charge in [-0.15, -0.1) is 0 Å². The van der Waals surface area contributed by atoms with E-state index in [4.69, 9.17) is 4.74 Å². The molecule has 2 aromatic rings. The largest absolute Gasteiger partial charge is 0.370 e. The molecule has 3 heterocycles. The van der Waals surface area contributed by atoms with Crippen LogP contribution in [0.2, 0.25) is 0 Å². The quantitative estimate of drug-likeness (QED) is 0.862. The summed E-state index contributed by atoms with van der Waals surface area (Å²) in [5.74, 6) is 0.755. The van der Waals surface area contributed by atoms with Gasteiger partial charge in [-0.25, -0.2) is 9.48 Å². The van der Waals surface area contributed by atoms with Crippen LogP contribution in [-0.4, -0.2) is 44.9 Å². The number of ether oxygens (including phenoxy) is 1. The van der Waals surface area contributed by atoms with Crippen molar-refractivity contribution in [1.29, 1.82) is 0 Å². The van der Waals surface area contributed by atoms with Crippen LogP contribution < -0.4 is 5.32 Å². The van der Waals surface area contributed by atoms with Crippen LogP contribution in [-0.2, 0) is 17.9 Å². The first-order chi connectivity index (χ1) is 12.7. The molecule has 0 aromatic carbocycles. The van der Waals surface area contributed by atoms with Gasteiger partial charge in [0.05, 0.1) is 24.1 Å². The third-order valence-electron chi connectivity index (χ3n) is 4.43. The first kappa shape index (κ1) is 18.4. The second-order valence-electron chi connectivity index (χ2n) is 6.67. The third-order valence-corrected chi connectivity index (χ3v) is 4.43. The lowest BCUT2D eigenvalue weighted by Gasteiger charge is -2.32. The van der Waals surface area contributed by atoms with Crippen molar-refractivity contribution < 1.29 is 9.53 Å². The number of rotatable bonds is 6. The van der Waals surface area contributed by atoms with Crippen LogP contribution in [0, 0.1) is 6.92 Å². The summed E-state index contributed by atoms with van der Waals surface area (Å²) < 4.78 is 7.82. The monoisotopic (exact) mass is 357 g/mol. The lowest BCUT2D eigenvalue weighted by Crippen LogP contribution is -2.45. The topological polar surface area (TPSA) is 72.3 Å². The smallest absolute Gasteiger partial charge is 0.323 e. The number of aryl methyl sites for hydroxylation is 2. The zero-order valence-corrected chi connectivity index (χ0v) is 15.5. The maximum Gasteiger partial charge on any atom is 0.323 e. The summed E-state index contributed by atoms with van der Waals surface area (Å²) in [6.45, 7) is 6.64. The predicted octanol–water partition coefficient (Wildman–Crippen LogP) is 3.21. The minimum absolute atomic E-state index is 0.0406. The number of carbonyl (C=O) groups is 1. The molecule has 1 atom stereocenters. The van der Waals surface area contributed by atoms with Gasteiger partial charge in [-0.2, -0.15) is 5.10 Å². The maximum atomic E-state index is 12.7. The minimum Gasteiger partial charge on any atom is -0.370 e. The Kier molecular flexibility index (Phi) is 6.22. The van der Waals surface area contributed by atoms with E-state index in [1.165, 1.54) is 0 Å². The molecule has 26 heavy (non-hydrogen) atoms. The third kappa shape index (κ3) is 4.82. The Morgan fingerprint density at radius 1 is 1.42 bits per heavy atom. The van der Waals surface area contributed by atoms with E-state index in [2.05, 4.69) is 22.3 Å². The summed E-state index contributed by atoms with van der Waals surface area (Å²) in [4.78, 5) is 18.8. The van der Waals surface area contributed by atoms with Crippen LogP contribution in [0.4, 0.5) is 10.6 Å². The van der Waals surface area contributed by atoms with E-state index in [0.29, 0.717) is 13.2 Å². The van der Waals surface area contributed by atoms with Gasteiger partial charge < -0.3 is 9.64 Å². The zero-order valence-electron chi connectivity index (χ0n) is 15.5. The second kappa shape index (κ2) is 8.80. The summed E-state index contributed by atoms with van der Waals surface area (Å²) in [5, 5.41) is 7.43. The number of hydrogen-bond donors (Lipinski definition) is 1. The molecule has 7 heteroatoms. The molecule has 1 fully saturated rings. The number of amides is 2. The molecule has 2 amide bonds. The van der Waals surface area contributed by atoms with Crippen molar-refractivity contribution in [2.24, 2.45) is 0 Å². The zero-order chi connectivity index (χ0) is 18.4. The fourth-order valence-corrected chi connectivity index (χ4v) is 3.16. The molecule has 3 rings (SSSR count). The molecular formula is C19H27N5O2. The summed E-state index contributed by atoms with van der Waals surface area (Å²) in [6, 6.07) is 7.61. The molecule has 1 aliphatic heterocycles. The summed E-state index contributed by atoms with van der Waals surface area (Å²) >= 11 is 0. The highest BCUT2D eigenvalue weighted by molar-refractivity contribution is 5.88. The highest BCUT2D eigenvalue weighted by Gasteiger charge is 2.25. The van der Waals surface area contributed by atoms with Crippen molar-refractivity contribution in [3.8, 4) is 0 Å². The predicted molar refractivity (Wildman–Crippen MR) is 99.9 cm³/mol. The molecule has 1 N–H and O–H groups in total. The number of urea groups is 1. The Labute approximate surface area is 154 Å². The first-order valence-corrected chi connectivity index (χ1v) is 9.27. The number of nitrogens with zero attached hydrogens (tertiary/aromatic N) is 4. The Morgan fingerprint density at radius 3 is 3.08 bits per heavy atom. The fourth-order valence-electron chi connectivity index (χ4n) is 3.16. The Morgan fingerprint density at radius 2 is 2.31 bits per heavy atom. The standard InChI is InChI=1S/C19H27N5O2/c1-3-10-24-18(12-15(2)22-24)21-19(25)23-11-6-8-17(13-23)26-14-16-7-4-5-9-20-16/h4-5,7,9,12,17H,3,6,8,10-11,13-14H2,1-2H3,(H,21,25)/t17-/m1/s1. The number of nitrogens with one attached hydrogen (secondary N) is 1. The van der Waals surface area contributed by atoms with Gasteiger partial charge in [-0.3, -0.25) is 10.3 Å². The van der Waals surface area contributed by atoms with Gasteiger partial charge in [0.15, 0.2) is 0 Å². The van der Waals surface area contributed by atoms with Crippen molar-refractivity contribution in [3.05, 3.63) is 41.9 Å². The number of carbonyl (C=O) groups excluding carboxylic acids is 1. The van der Waals surface area contributed by atoms with Crippen molar-refractivity contribution in [2.75, 3.05) is 18.4 Å². The molecule has 140 valence electrons. The van der Waals surface area contributed by atoms with Gasteiger partial charge in [-0.1, -0.05) is 13.0 Å². The first-order valence-electron chi connectivity index (χ1n) is 9.27. The molecule has 0 saturated carbocycles. The number of likely N-dealkylation sites (tertiary alicyclic amines) is 1. The van der Waals surface area contributed by atoms with Crippen molar-refractivity contribution in [2.45, 2.75) is 52.4 Å². The van der Waals surface area contributed by atoms with Gasteiger partial charge in [0.2, 0.25) is 0 Å². The van der Waals surface area contributed by atoms with Crippen LogP contribution in [0.1, 0.15) is 37.6 Å². The fraction of sp³-hybridized carbons (Fsp3) is 0.526. The van der Waals surface area contributed by atoms with Crippen LogP contribution in [0.25, 0.3) is 0 Å². The Balaban J connectivity index is 1.54. The Bertz CT molecular complexity index is 716. The minimum atomic E-state index is -0.0895. The van der Waals surface area contributed by atoms with E-state index in [0.717, 1.165) is 49.6 Å². The molecule has 0 bridgehead atoms. The highest BCUT2D eigenvalue weighted by atomic mass is 16.5. The van der Waals surface area contributed by atoms with E-state index >= 15 is 0 Å². The number of hydrogen-bond acceptors (Lipinski definition) is 4. The number of anilines is 1. The number of aromatic nitrogens is 3. The molecule has 0 spiro atoms. The van der Waals surface area contributed by atoms with Crippen LogP contribution in [0.15, 0.2) is 30.5 Å². The average Bonchev–Trinajstić information content (AvgIpc) is 3.00. The summed E-state index contributed by atoms with van der Waals surface area (Å²) in [6.07, 6.45) is 4.67. The van der Waals surface area contributed by atoms with E-state index in [-0.39, 0.29) is 12.1 Å². The van der Waals surface area contributed by atoms with Crippen LogP contribution >= 0.6 is 0 Å². The van der Waals surface area contributed by atoms with Gasteiger partial charge in [-0.05, 0) is 38.3 Å². The molecule has 0 unspecified atom stereocenters. The maximum absolute atomic E-state index is 12.7. The summed E-state index contributed by atoms with van der Waals surface area (Å²) in [5.41, 5.74) is 1.82. The van der Waals surface area contributed by atoms with Gasteiger partial charge >= 0.3 is 6.03 Å². The average molecular weight is 357 g/mol. The normalized spacial score (nSPS) is 17.3. The lowest BCUT2D eigenvalue weighted by atomic mass is 10.1. The van der Waals surface area contributed by atoms with Crippen molar-refractivity contribution in [3.63, 3.8) is 0 Å². The lowest BCUT2D eigenvalue weighted by molar-refractivity contribution is -0.000340. The van der Waals surface area contributed by atoms with E-state index in [1.54, 1.807) is 6.20 Å². The van der Waals surface area contributed by atoms with Crippen molar-refractivity contribution >= 4 is 11.8 Å². The van der Waals surface area contributed by atoms with Crippen LogP contribution in [0.5, 0.6) is 0 Å². The molecule has 0 aliphatic carbocycles. The van der Waals surface area contributed by atoms with Crippen LogP contribution in [0.3, 0.4) is 0 Å². The van der Waals surface area contributed by atoms with E-state index in [1.807, 2.05) is 40.8 Å². The van der Waals surface area contributed by atoms with Gasteiger partial charge in [0.25, 0.3) is 0 Å². The molecular weight excluding hydrogens is 330 g/mol. The number of piperidine rings is 1. The van der Waals surface area contributed by atoms with Gasteiger partial charge in [0.1, 0.15) is 5.82 Å². The molecule has 0 radical (unpaired) electrons. The number of pyridine rings is 1. The second-order valence-corrected chi connectivity index (χ2v) is 6.67. The SMILES string of the molecule is CCCn1nc(C)cc1NC(=O)N1CCC[C@@H](OCc2ccccn2)C1. The van der Waals surface area contributed by atoms with Gasteiger partial charge in [0, 0.05) is 31.9 Å². The molecule has 1 saturated heterocycles. The molecule has 1 aliphatic rings. The molecule has 2 aromatic heterocycles. The van der Waals surface area contributed by atoms with E-state index < -0.39 is 0 Å². The van der Waals surface area contributed by atoms with E-state index in [9.17, 15) is 4.79 Å². The summed E-state index contributed by atoms with van der Waals surface area (Å²) in [7, 11) is 0. The van der Waals surface area contributed by atoms with Crippen molar-refractivity contribution in [1.82, 2.24) is 19.7 Å².